The molecule has 5 heteroatoms. The fraction of sp³-hybridized carbons (Fsp3) is 0.600. The Morgan fingerprint density at radius 1 is 1.45 bits per heavy atom. The van der Waals surface area contributed by atoms with E-state index in [1.807, 2.05) is 12.2 Å². The second-order valence-electron chi connectivity index (χ2n) is 6.22. The molecule has 0 N–H and O–H groups in total. The molecule has 2 fully saturated rings. The predicted molar refractivity (Wildman–Crippen MR) is 67.4 cm³/mol. The monoisotopic (exact) mass is 276 g/mol. The van der Waals surface area contributed by atoms with Gasteiger partial charge in [-0.3, -0.25) is 9.59 Å². The smallest absolute Gasteiger partial charge is 0.324 e. The average molecular weight is 276 g/mol. The topological polar surface area (TPSA) is 61.8 Å². The van der Waals surface area contributed by atoms with Crippen molar-refractivity contribution in [1.82, 2.24) is 0 Å². The van der Waals surface area contributed by atoms with Gasteiger partial charge >= 0.3 is 11.9 Å². The van der Waals surface area contributed by atoms with Crippen molar-refractivity contribution in [1.29, 1.82) is 0 Å². The molecule has 20 heavy (non-hydrogen) atoms. The minimum Gasteiger partial charge on any atom is -0.451 e. The van der Waals surface area contributed by atoms with Crippen molar-refractivity contribution in [2.24, 2.45) is 5.41 Å². The van der Waals surface area contributed by atoms with Crippen LogP contribution >= 0.6 is 0 Å². The van der Waals surface area contributed by atoms with Gasteiger partial charge in [0.15, 0.2) is 11.0 Å². The lowest BCUT2D eigenvalue weighted by Crippen LogP contribution is -2.53. The van der Waals surface area contributed by atoms with Crippen molar-refractivity contribution in [3.05, 3.63) is 24.0 Å². The number of ether oxygens (including phenoxy) is 3. The van der Waals surface area contributed by atoms with Gasteiger partial charge < -0.3 is 14.2 Å². The van der Waals surface area contributed by atoms with Gasteiger partial charge in [-0.1, -0.05) is 12.2 Å². The van der Waals surface area contributed by atoms with Crippen molar-refractivity contribution >= 4 is 11.9 Å². The highest BCUT2D eigenvalue weighted by molar-refractivity contribution is 5.87. The minimum absolute atomic E-state index is 0.320. The molecular weight excluding hydrogens is 260 g/mol. The minimum atomic E-state index is -1.00. The molecule has 5 rings (SSSR count). The van der Waals surface area contributed by atoms with Gasteiger partial charge in [0.25, 0.3) is 0 Å². The van der Waals surface area contributed by atoms with Crippen LogP contribution in [0.2, 0.25) is 0 Å². The quantitative estimate of drug-likeness (QED) is 0.538. The Kier molecular flexibility index (Phi) is 2.03. The second-order valence-corrected chi connectivity index (χ2v) is 6.22. The van der Waals surface area contributed by atoms with Gasteiger partial charge in [0.2, 0.25) is 0 Å². The number of fused-ring (bicyclic) bond motifs is 1. The Morgan fingerprint density at radius 2 is 2.25 bits per heavy atom. The lowest BCUT2D eigenvalue weighted by Gasteiger charge is -2.42. The van der Waals surface area contributed by atoms with E-state index in [9.17, 15) is 9.59 Å². The van der Waals surface area contributed by atoms with Crippen LogP contribution in [0.1, 0.15) is 33.1 Å². The van der Waals surface area contributed by atoms with E-state index in [-0.39, 0.29) is 12.1 Å². The Hall–Kier alpha value is -1.62. The fourth-order valence-electron chi connectivity index (χ4n) is 4.10. The third kappa shape index (κ3) is 1.14. The van der Waals surface area contributed by atoms with Crippen molar-refractivity contribution < 1.29 is 23.8 Å². The van der Waals surface area contributed by atoms with Crippen LogP contribution in [0.25, 0.3) is 0 Å². The van der Waals surface area contributed by atoms with Crippen LogP contribution in [0.4, 0.5) is 0 Å². The molecule has 1 saturated carbocycles. The van der Waals surface area contributed by atoms with E-state index in [2.05, 4.69) is 0 Å². The predicted octanol–water partition coefficient (Wildman–Crippen LogP) is 1.63. The molecule has 0 amide bonds. The summed E-state index contributed by atoms with van der Waals surface area (Å²) in [6, 6.07) is 0. The largest absolute Gasteiger partial charge is 0.451 e. The standard InChI is InChI=1S/C15H16O5/c1-9(16)18-11-8-13(2)10-4-7-14(19-10)5-3-6-15(11,14)12(17)20-13/h4,7-8,10H,3,5-6H2,1-2H3/t10-,13+,14+,15+/m1/s1. The van der Waals surface area contributed by atoms with Crippen molar-refractivity contribution in [2.45, 2.75) is 50.4 Å². The van der Waals surface area contributed by atoms with E-state index in [1.54, 1.807) is 13.0 Å². The SMILES string of the molecule is CC(=O)OC1=C[C@]2(C)OC(=O)[C@]13CCC[C@]31C=C[C@H]2O1. The molecule has 1 saturated heterocycles. The number of carbonyl (C=O) groups excluding carboxylic acids is 2. The highest BCUT2D eigenvalue weighted by atomic mass is 16.6. The molecule has 4 aliphatic heterocycles. The summed E-state index contributed by atoms with van der Waals surface area (Å²) < 4.78 is 17.3. The van der Waals surface area contributed by atoms with Crippen molar-refractivity contribution in [3.63, 3.8) is 0 Å². The number of carbonyl (C=O) groups is 2. The van der Waals surface area contributed by atoms with E-state index in [0.29, 0.717) is 12.2 Å². The average Bonchev–Trinajstić information content (AvgIpc) is 2.90. The van der Waals surface area contributed by atoms with Gasteiger partial charge in [0, 0.05) is 13.0 Å². The zero-order chi connectivity index (χ0) is 14.2. The lowest BCUT2D eigenvalue weighted by molar-refractivity contribution is -0.171. The van der Waals surface area contributed by atoms with Crippen LogP contribution in [0, 0.1) is 5.41 Å². The Labute approximate surface area is 116 Å². The molecule has 0 aromatic rings. The van der Waals surface area contributed by atoms with E-state index >= 15 is 0 Å². The van der Waals surface area contributed by atoms with Gasteiger partial charge in [0.1, 0.15) is 17.5 Å². The van der Waals surface area contributed by atoms with Crippen molar-refractivity contribution in [3.8, 4) is 0 Å². The molecule has 4 atom stereocenters. The summed E-state index contributed by atoms with van der Waals surface area (Å²) in [4.78, 5) is 24.1. The highest BCUT2D eigenvalue weighted by Crippen LogP contribution is 2.63. The molecule has 1 aliphatic carbocycles. The number of hydrogen-bond donors (Lipinski definition) is 0. The molecule has 4 bridgehead atoms. The second kappa shape index (κ2) is 3.34. The van der Waals surface area contributed by atoms with Gasteiger partial charge in [-0.2, -0.15) is 0 Å². The zero-order valence-corrected chi connectivity index (χ0v) is 11.5. The van der Waals surface area contributed by atoms with Crippen molar-refractivity contribution in [2.75, 3.05) is 0 Å². The first kappa shape index (κ1) is 12.1. The Balaban J connectivity index is 1.98. The maximum Gasteiger partial charge on any atom is 0.324 e. The molecule has 106 valence electrons. The lowest BCUT2D eigenvalue weighted by atomic mass is 9.70. The number of esters is 2. The van der Waals surface area contributed by atoms with Crippen LogP contribution < -0.4 is 0 Å². The molecular formula is C15H16O5. The van der Waals surface area contributed by atoms with Crippen LogP contribution in [0.3, 0.4) is 0 Å². The van der Waals surface area contributed by atoms with Gasteiger partial charge in [0.05, 0.1) is 0 Å². The molecule has 2 spiro atoms. The summed E-state index contributed by atoms with van der Waals surface area (Å²) in [5, 5.41) is 0. The first-order valence-electron chi connectivity index (χ1n) is 6.94. The summed E-state index contributed by atoms with van der Waals surface area (Å²) in [7, 11) is 0. The van der Waals surface area contributed by atoms with Crippen LogP contribution in [-0.4, -0.2) is 29.2 Å². The Morgan fingerprint density at radius 3 is 3.00 bits per heavy atom. The van der Waals surface area contributed by atoms with E-state index in [0.717, 1.165) is 12.8 Å². The molecule has 5 aliphatic rings. The van der Waals surface area contributed by atoms with Gasteiger partial charge in [-0.15, -0.1) is 0 Å². The van der Waals surface area contributed by atoms with E-state index in [1.165, 1.54) is 6.92 Å². The fourth-order valence-corrected chi connectivity index (χ4v) is 4.10. The van der Waals surface area contributed by atoms with E-state index in [4.69, 9.17) is 14.2 Å². The molecule has 0 aromatic heterocycles. The van der Waals surface area contributed by atoms with Crippen LogP contribution in [0.5, 0.6) is 0 Å². The maximum atomic E-state index is 12.7. The summed E-state index contributed by atoms with van der Waals surface area (Å²) in [5.74, 6) is -0.340. The number of hydrogen-bond acceptors (Lipinski definition) is 5. The molecule has 0 radical (unpaired) electrons. The molecule has 0 aromatic carbocycles. The third-order valence-electron chi connectivity index (χ3n) is 5.02. The Bertz CT molecular complexity index is 591. The summed E-state index contributed by atoms with van der Waals surface area (Å²) in [6.45, 7) is 3.14. The van der Waals surface area contributed by atoms with Crippen LogP contribution in [-0.2, 0) is 23.8 Å². The highest BCUT2D eigenvalue weighted by Gasteiger charge is 2.72. The first-order valence-corrected chi connectivity index (χ1v) is 6.94. The van der Waals surface area contributed by atoms with E-state index < -0.39 is 22.6 Å². The first-order chi connectivity index (χ1) is 9.42. The third-order valence-corrected chi connectivity index (χ3v) is 5.02. The zero-order valence-electron chi connectivity index (χ0n) is 11.5. The van der Waals surface area contributed by atoms with Gasteiger partial charge in [-0.05, 0) is 26.2 Å². The summed E-state index contributed by atoms with van der Waals surface area (Å²) >= 11 is 0. The molecule has 5 nitrogen and oxygen atoms in total. The summed E-state index contributed by atoms with van der Waals surface area (Å²) in [6.07, 6.45) is 7.54. The number of rotatable bonds is 1. The molecule has 0 unspecified atom stereocenters. The normalized spacial score (nSPS) is 47.6. The van der Waals surface area contributed by atoms with Gasteiger partial charge in [-0.25, -0.2) is 0 Å². The molecule has 4 heterocycles. The summed E-state index contributed by atoms with van der Waals surface area (Å²) in [5.41, 5.74) is -2.62. The maximum absolute atomic E-state index is 12.7. The van der Waals surface area contributed by atoms with Crippen LogP contribution in [0.15, 0.2) is 24.0 Å².